The first-order valence-corrected chi connectivity index (χ1v) is 7.11. The van der Waals surface area contributed by atoms with Gasteiger partial charge in [-0.2, -0.15) is 0 Å². The summed E-state index contributed by atoms with van der Waals surface area (Å²) in [5.41, 5.74) is 2.08. The van der Waals surface area contributed by atoms with Crippen LogP contribution in [0.3, 0.4) is 0 Å². The van der Waals surface area contributed by atoms with Gasteiger partial charge in [-0.05, 0) is 30.0 Å². The number of nitrogens with one attached hydrogen (secondary N) is 2. The maximum atomic E-state index is 12.0. The number of hydrogen-bond donors (Lipinski definition) is 2. The number of carbonyl (C=O) groups excluding carboxylic acids is 1. The highest BCUT2D eigenvalue weighted by atomic mass is 16.1. The summed E-state index contributed by atoms with van der Waals surface area (Å²) in [6.07, 6.45) is 10.3. The molecule has 2 N–H and O–H groups in total. The maximum absolute atomic E-state index is 12.0. The van der Waals surface area contributed by atoms with Gasteiger partial charge in [-0.3, -0.25) is 4.79 Å². The summed E-state index contributed by atoms with van der Waals surface area (Å²) < 4.78 is 0. The van der Waals surface area contributed by atoms with Crippen molar-refractivity contribution in [3.8, 4) is 0 Å². The zero-order chi connectivity index (χ0) is 14.2. The molecule has 2 atom stereocenters. The van der Waals surface area contributed by atoms with Crippen LogP contribution in [0.25, 0.3) is 17.0 Å². The lowest BCUT2D eigenvalue weighted by atomic mass is 10.1. The Kier molecular flexibility index (Phi) is 2.74. The van der Waals surface area contributed by atoms with Gasteiger partial charge < -0.3 is 10.3 Å². The summed E-state index contributed by atoms with van der Waals surface area (Å²) in [6, 6.07) is 8.03. The third-order valence-electron chi connectivity index (χ3n) is 4.02. The molecule has 4 nitrogen and oxygen atoms in total. The molecule has 0 bridgehead atoms. The predicted molar refractivity (Wildman–Crippen MR) is 83.6 cm³/mol. The van der Waals surface area contributed by atoms with E-state index in [0.29, 0.717) is 11.8 Å². The van der Waals surface area contributed by atoms with Gasteiger partial charge in [0.2, 0.25) is 5.91 Å². The van der Waals surface area contributed by atoms with E-state index < -0.39 is 0 Å². The number of aromatic nitrogens is 1. The third kappa shape index (κ3) is 2.29. The Balaban J connectivity index is 1.49. The standard InChI is InChI=1S/C17H15N3O/c21-16(20-17-14-9-11(14)7-8-18-17)6-5-12-10-19-15-4-2-1-3-13(12)15/h1-8,10-11,14,19H,9H2,(H,18,20,21)/b6-5+. The van der Waals surface area contributed by atoms with Crippen molar-refractivity contribution in [1.82, 2.24) is 10.3 Å². The van der Waals surface area contributed by atoms with Crippen LogP contribution in [-0.2, 0) is 4.79 Å². The molecule has 4 rings (SSSR count). The summed E-state index contributed by atoms with van der Waals surface area (Å²) in [5, 5.41) is 4.00. The van der Waals surface area contributed by atoms with Crippen molar-refractivity contribution >= 4 is 28.7 Å². The van der Waals surface area contributed by atoms with Crippen molar-refractivity contribution in [2.45, 2.75) is 6.42 Å². The van der Waals surface area contributed by atoms with E-state index in [1.807, 2.05) is 36.5 Å². The lowest BCUT2D eigenvalue weighted by Crippen LogP contribution is -2.31. The summed E-state index contributed by atoms with van der Waals surface area (Å²) in [7, 11) is 0. The first-order valence-electron chi connectivity index (χ1n) is 7.11. The zero-order valence-electron chi connectivity index (χ0n) is 11.4. The molecular formula is C17H15N3O. The Morgan fingerprint density at radius 1 is 1.38 bits per heavy atom. The van der Waals surface area contributed by atoms with Crippen molar-refractivity contribution in [3.63, 3.8) is 0 Å². The average molecular weight is 277 g/mol. The molecule has 2 aromatic rings. The molecule has 2 heterocycles. The Bertz CT molecular complexity index is 797. The van der Waals surface area contributed by atoms with E-state index in [1.54, 1.807) is 12.3 Å². The number of carbonyl (C=O) groups is 1. The number of benzene rings is 1. The Labute approximate surface area is 122 Å². The molecule has 21 heavy (non-hydrogen) atoms. The average Bonchev–Trinajstić information content (AvgIpc) is 3.19. The van der Waals surface area contributed by atoms with E-state index in [9.17, 15) is 4.79 Å². The number of rotatable bonds is 2. The van der Waals surface area contributed by atoms with E-state index >= 15 is 0 Å². The minimum Gasteiger partial charge on any atom is -0.361 e. The van der Waals surface area contributed by atoms with Gasteiger partial charge >= 0.3 is 0 Å². The van der Waals surface area contributed by atoms with Crippen LogP contribution in [0.2, 0.25) is 0 Å². The van der Waals surface area contributed by atoms with Gasteiger partial charge in [0.15, 0.2) is 0 Å². The molecule has 0 saturated heterocycles. The Hall–Kier alpha value is -2.62. The molecule has 1 amide bonds. The highest BCUT2D eigenvalue weighted by Crippen LogP contribution is 2.42. The monoisotopic (exact) mass is 277 g/mol. The number of hydrogen-bond acceptors (Lipinski definition) is 2. The van der Waals surface area contributed by atoms with Crippen LogP contribution < -0.4 is 5.32 Å². The van der Waals surface area contributed by atoms with Gasteiger partial charge in [0, 0.05) is 35.3 Å². The molecule has 1 fully saturated rings. The van der Waals surface area contributed by atoms with Gasteiger partial charge in [-0.1, -0.05) is 24.3 Å². The molecule has 104 valence electrons. The van der Waals surface area contributed by atoms with Gasteiger partial charge in [0.05, 0.1) is 0 Å². The van der Waals surface area contributed by atoms with Crippen LogP contribution >= 0.6 is 0 Å². The highest BCUT2D eigenvalue weighted by Gasteiger charge is 2.41. The molecule has 4 heteroatoms. The molecule has 1 saturated carbocycles. The smallest absolute Gasteiger partial charge is 0.249 e. The minimum absolute atomic E-state index is 0.125. The van der Waals surface area contributed by atoms with E-state index in [-0.39, 0.29) is 5.91 Å². The van der Waals surface area contributed by atoms with Crippen LogP contribution in [0, 0.1) is 11.8 Å². The number of allylic oxidation sites excluding steroid dienone is 1. The number of fused-ring (bicyclic) bond motifs is 2. The Morgan fingerprint density at radius 2 is 2.29 bits per heavy atom. The largest absolute Gasteiger partial charge is 0.361 e. The fourth-order valence-corrected chi connectivity index (χ4v) is 2.76. The number of para-hydroxylation sites is 1. The van der Waals surface area contributed by atoms with E-state index in [0.717, 1.165) is 28.7 Å². The predicted octanol–water partition coefficient (Wildman–Crippen LogP) is 2.86. The van der Waals surface area contributed by atoms with Crippen LogP contribution in [-0.4, -0.2) is 16.7 Å². The fourth-order valence-electron chi connectivity index (χ4n) is 2.76. The second kappa shape index (κ2) is 4.74. The summed E-state index contributed by atoms with van der Waals surface area (Å²) >= 11 is 0. The number of amides is 1. The SMILES string of the molecule is O=C(/C=C/c1c[nH]c2ccccc12)NC1=NC=CC2CC12. The summed E-state index contributed by atoms with van der Waals surface area (Å²) in [5.74, 6) is 1.67. The van der Waals surface area contributed by atoms with E-state index in [4.69, 9.17) is 0 Å². The second-order valence-corrected chi connectivity index (χ2v) is 5.47. The molecule has 0 radical (unpaired) electrons. The fraction of sp³-hybridized carbons (Fsp3) is 0.176. The molecule has 1 aliphatic carbocycles. The van der Waals surface area contributed by atoms with Gasteiger partial charge in [-0.15, -0.1) is 0 Å². The number of H-pyrrole nitrogens is 1. The lowest BCUT2D eigenvalue weighted by molar-refractivity contribution is -0.115. The number of amidine groups is 1. The lowest BCUT2D eigenvalue weighted by Gasteiger charge is -2.07. The molecule has 2 aliphatic rings. The van der Waals surface area contributed by atoms with Crippen molar-refractivity contribution in [3.05, 3.63) is 54.4 Å². The van der Waals surface area contributed by atoms with Crippen molar-refractivity contribution in [2.24, 2.45) is 16.8 Å². The van der Waals surface area contributed by atoms with Crippen LogP contribution in [0.5, 0.6) is 0 Å². The van der Waals surface area contributed by atoms with Crippen molar-refractivity contribution < 1.29 is 4.79 Å². The maximum Gasteiger partial charge on any atom is 0.249 e. The topological polar surface area (TPSA) is 57.2 Å². The molecule has 2 unspecified atom stereocenters. The molecule has 1 aromatic heterocycles. The number of aliphatic imine (C=N–C) groups is 1. The normalized spacial score (nSPS) is 23.1. The molecule has 1 aliphatic heterocycles. The van der Waals surface area contributed by atoms with Gasteiger partial charge in [0.25, 0.3) is 0 Å². The summed E-state index contributed by atoms with van der Waals surface area (Å²) in [4.78, 5) is 19.4. The van der Waals surface area contributed by atoms with Crippen molar-refractivity contribution in [1.29, 1.82) is 0 Å². The van der Waals surface area contributed by atoms with Gasteiger partial charge in [-0.25, -0.2) is 4.99 Å². The number of nitrogens with zero attached hydrogens (tertiary/aromatic N) is 1. The quantitative estimate of drug-likeness (QED) is 0.815. The first kappa shape index (κ1) is 12.1. The van der Waals surface area contributed by atoms with Crippen molar-refractivity contribution in [2.75, 3.05) is 0 Å². The molecule has 1 aromatic carbocycles. The molecular weight excluding hydrogens is 262 g/mol. The molecule has 0 spiro atoms. The Morgan fingerprint density at radius 3 is 3.24 bits per heavy atom. The highest BCUT2D eigenvalue weighted by molar-refractivity contribution is 6.07. The first-order chi connectivity index (χ1) is 10.3. The van der Waals surface area contributed by atoms with Crippen LogP contribution in [0.4, 0.5) is 0 Å². The minimum atomic E-state index is -0.125. The zero-order valence-corrected chi connectivity index (χ0v) is 11.4. The second-order valence-electron chi connectivity index (χ2n) is 5.47. The van der Waals surface area contributed by atoms with Crippen LogP contribution in [0.15, 0.2) is 53.8 Å². The van der Waals surface area contributed by atoms with Gasteiger partial charge in [0.1, 0.15) is 5.84 Å². The van der Waals surface area contributed by atoms with Crippen LogP contribution in [0.1, 0.15) is 12.0 Å². The summed E-state index contributed by atoms with van der Waals surface area (Å²) in [6.45, 7) is 0. The number of aromatic amines is 1. The van der Waals surface area contributed by atoms with E-state index in [1.165, 1.54) is 0 Å². The third-order valence-corrected chi connectivity index (χ3v) is 4.02. The van der Waals surface area contributed by atoms with E-state index in [2.05, 4.69) is 21.4 Å².